The SMILES string of the molecule is CC(C)(COc1cnccc1CNC1=C(C(=S)Nc2cccc(F)c2)C(=O)NCC1)N1CCOCC1. The van der Waals surface area contributed by atoms with Crippen molar-refractivity contribution in [2.45, 2.75) is 32.4 Å². The molecule has 0 unspecified atom stereocenters. The van der Waals surface area contributed by atoms with Crippen LogP contribution in [0, 0.1) is 5.82 Å². The lowest BCUT2D eigenvalue weighted by Crippen LogP contribution is -2.53. The molecule has 1 aromatic heterocycles. The zero-order valence-corrected chi connectivity index (χ0v) is 21.4. The number of amides is 1. The Morgan fingerprint density at radius 2 is 2.11 bits per heavy atom. The van der Waals surface area contributed by atoms with Crippen LogP contribution >= 0.6 is 12.2 Å². The molecule has 36 heavy (non-hydrogen) atoms. The van der Waals surface area contributed by atoms with Gasteiger partial charge in [-0.2, -0.15) is 0 Å². The molecule has 3 N–H and O–H groups in total. The maximum atomic E-state index is 13.6. The van der Waals surface area contributed by atoms with Crippen molar-refractivity contribution in [3.05, 3.63) is 65.4 Å². The summed E-state index contributed by atoms with van der Waals surface area (Å²) in [5, 5.41) is 9.19. The minimum Gasteiger partial charge on any atom is -0.490 e. The van der Waals surface area contributed by atoms with Gasteiger partial charge in [0.25, 0.3) is 5.91 Å². The molecule has 2 aromatic rings. The van der Waals surface area contributed by atoms with Crippen LogP contribution in [0.15, 0.2) is 54.0 Å². The number of carbonyl (C=O) groups is 1. The maximum Gasteiger partial charge on any atom is 0.256 e. The first-order chi connectivity index (χ1) is 17.3. The van der Waals surface area contributed by atoms with E-state index in [0.29, 0.717) is 43.1 Å². The number of aromatic nitrogens is 1. The Bertz CT molecular complexity index is 1130. The quantitative estimate of drug-likeness (QED) is 0.441. The topological polar surface area (TPSA) is 87.8 Å². The van der Waals surface area contributed by atoms with Crippen LogP contribution in [0.1, 0.15) is 25.8 Å². The van der Waals surface area contributed by atoms with Crippen molar-refractivity contribution in [1.29, 1.82) is 0 Å². The van der Waals surface area contributed by atoms with Gasteiger partial charge < -0.3 is 25.4 Å². The lowest BCUT2D eigenvalue weighted by Gasteiger charge is -2.40. The fourth-order valence-corrected chi connectivity index (χ4v) is 4.56. The van der Waals surface area contributed by atoms with Gasteiger partial charge in [0.1, 0.15) is 23.2 Å². The van der Waals surface area contributed by atoms with Gasteiger partial charge in [0, 0.05) is 61.3 Å². The fraction of sp³-hybridized carbons (Fsp3) is 0.423. The maximum absolute atomic E-state index is 13.6. The Balaban J connectivity index is 1.45. The molecule has 0 radical (unpaired) electrons. The Labute approximate surface area is 216 Å². The second kappa shape index (κ2) is 11.8. The van der Waals surface area contributed by atoms with E-state index in [1.165, 1.54) is 12.1 Å². The fourth-order valence-electron chi connectivity index (χ4n) is 4.23. The van der Waals surface area contributed by atoms with E-state index in [0.717, 1.165) is 37.6 Å². The van der Waals surface area contributed by atoms with Crippen LogP contribution in [0.3, 0.4) is 0 Å². The van der Waals surface area contributed by atoms with Crippen molar-refractivity contribution in [2.75, 3.05) is 44.8 Å². The number of nitrogens with one attached hydrogen (secondary N) is 3. The third-order valence-corrected chi connectivity index (χ3v) is 6.62. The first-order valence-electron chi connectivity index (χ1n) is 12.0. The molecule has 3 heterocycles. The lowest BCUT2D eigenvalue weighted by atomic mass is 10.0. The van der Waals surface area contributed by atoms with Crippen LogP contribution in [-0.2, 0) is 16.1 Å². The molecule has 192 valence electrons. The number of thiocarbonyl (C=S) groups is 1. The third kappa shape index (κ3) is 6.57. The predicted octanol–water partition coefficient (Wildman–Crippen LogP) is 3.01. The molecule has 0 spiro atoms. The van der Waals surface area contributed by atoms with Crippen molar-refractivity contribution >= 4 is 28.8 Å². The predicted molar refractivity (Wildman–Crippen MR) is 140 cm³/mol. The van der Waals surface area contributed by atoms with Crippen LogP contribution in [0.25, 0.3) is 0 Å². The second-order valence-corrected chi connectivity index (χ2v) is 9.77. The van der Waals surface area contributed by atoms with Crippen molar-refractivity contribution in [3.8, 4) is 5.75 Å². The zero-order chi connectivity index (χ0) is 25.5. The summed E-state index contributed by atoms with van der Waals surface area (Å²) >= 11 is 5.51. The third-order valence-electron chi connectivity index (χ3n) is 6.31. The number of halogens is 1. The van der Waals surface area contributed by atoms with E-state index in [4.69, 9.17) is 21.7 Å². The number of hydrogen-bond acceptors (Lipinski definition) is 7. The molecule has 0 atom stereocenters. The molecular formula is C26H32FN5O3S. The van der Waals surface area contributed by atoms with E-state index in [9.17, 15) is 9.18 Å². The molecule has 2 aliphatic heterocycles. The highest BCUT2D eigenvalue weighted by Crippen LogP contribution is 2.23. The number of nitrogens with zero attached hydrogens (tertiary/aromatic N) is 2. The zero-order valence-electron chi connectivity index (χ0n) is 20.6. The largest absolute Gasteiger partial charge is 0.490 e. The van der Waals surface area contributed by atoms with E-state index in [1.54, 1.807) is 24.5 Å². The van der Waals surface area contributed by atoms with E-state index >= 15 is 0 Å². The molecule has 1 saturated heterocycles. The molecule has 8 nitrogen and oxygen atoms in total. The first-order valence-corrected chi connectivity index (χ1v) is 12.4. The Morgan fingerprint density at radius 1 is 1.31 bits per heavy atom. The molecule has 4 rings (SSSR count). The van der Waals surface area contributed by atoms with Gasteiger partial charge in [-0.1, -0.05) is 18.3 Å². The number of rotatable bonds is 9. The normalized spacial score (nSPS) is 16.9. The van der Waals surface area contributed by atoms with Gasteiger partial charge in [-0.25, -0.2) is 4.39 Å². The van der Waals surface area contributed by atoms with Crippen molar-refractivity contribution < 1.29 is 18.7 Å². The summed E-state index contributed by atoms with van der Waals surface area (Å²) in [5.41, 5.74) is 2.33. The minimum absolute atomic E-state index is 0.157. The van der Waals surface area contributed by atoms with Crippen molar-refractivity contribution in [1.82, 2.24) is 20.5 Å². The highest BCUT2D eigenvalue weighted by molar-refractivity contribution is 7.81. The number of benzene rings is 1. The molecule has 1 fully saturated rings. The van der Waals surface area contributed by atoms with Crippen molar-refractivity contribution in [2.24, 2.45) is 0 Å². The summed E-state index contributed by atoms with van der Waals surface area (Å²) in [6, 6.07) is 7.86. The van der Waals surface area contributed by atoms with Crippen LogP contribution in [0.5, 0.6) is 5.75 Å². The molecule has 0 bridgehead atoms. The summed E-state index contributed by atoms with van der Waals surface area (Å²) in [6.07, 6.45) is 4.03. The molecule has 1 aromatic carbocycles. The number of morpholine rings is 1. The molecule has 2 aliphatic rings. The van der Waals surface area contributed by atoms with E-state index in [-0.39, 0.29) is 22.3 Å². The van der Waals surface area contributed by atoms with Crippen LogP contribution in [0.4, 0.5) is 10.1 Å². The smallest absolute Gasteiger partial charge is 0.256 e. The number of pyridine rings is 1. The van der Waals surface area contributed by atoms with Crippen LogP contribution < -0.4 is 20.7 Å². The van der Waals surface area contributed by atoms with Gasteiger partial charge in [0.2, 0.25) is 0 Å². The second-order valence-electron chi connectivity index (χ2n) is 9.36. The average molecular weight is 514 g/mol. The lowest BCUT2D eigenvalue weighted by molar-refractivity contribution is -0.117. The molecule has 0 saturated carbocycles. The summed E-state index contributed by atoms with van der Waals surface area (Å²) in [6.45, 7) is 8.97. The number of ether oxygens (including phenoxy) is 2. The molecule has 0 aliphatic carbocycles. The monoisotopic (exact) mass is 513 g/mol. The van der Waals surface area contributed by atoms with Gasteiger partial charge in [-0.05, 0) is 38.1 Å². The van der Waals surface area contributed by atoms with Gasteiger partial charge in [-0.15, -0.1) is 0 Å². The Morgan fingerprint density at radius 3 is 2.89 bits per heavy atom. The van der Waals surface area contributed by atoms with Gasteiger partial charge in [-0.3, -0.25) is 14.7 Å². The summed E-state index contributed by atoms with van der Waals surface area (Å²) in [7, 11) is 0. The number of carbonyl (C=O) groups excluding carboxylic acids is 1. The van der Waals surface area contributed by atoms with Crippen LogP contribution in [0.2, 0.25) is 0 Å². The van der Waals surface area contributed by atoms with Gasteiger partial charge in [0.15, 0.2) is 0 Å². The standard InChI is InChI=1S/C26H32FN5O3S/c1-26(2,32-10-12-34-13-11-32)17-35-22-16-28-8-6-18(22)15-30-21-7-9-29-24(33)23(21)25(36)31-20-5-3-4-19(27)14-20/h3-6,8,14,16,30H,7,9-13,15,17H2,1-2H3,(H,29,33)(H,31,36). The van der Waals surface area contributed by atoms with E-state index in [1.807, 2.05) is 6.07 Å². The highest BCUT2D eigenvalue weighted by atomic mass is 32.1. The highest BCUT2D eigenvalue weighted by Gasteiger charge is 2.29. The Kier molecular flexibility index (Phi) is 8.50. The summed E-state index contributed by atoms with van der Waals surface area (Å²) in [4.78, 5) is 19.5. The summed E-state index contributed by atoms with van der Waals surface area (Å²) in [5.74, 6) is 0.0376. The summed E-state index contributed by atoms with van der Waals surface area (Å²) < 4.78 is 25.3. The number of anilines is 1. The molecule has 1 amide bonds. The minimum atomic E-state index is -0.384. The Hall–Kier alpha value is -3.08. The van der Waals surface area contributed by atoms with E-state index in [2.05, 4.69) is 39.7 Å². The van der Waals surface area contributed by atoms with Crippen molar-refractivity contribution in [3.63, 3.8) is 0 Å². The first kappa shape index (κ1) is 26.0. The van der Waals surface area contributed by atoms with Gasteiger partial charge in [0.05, 0.1) is 25.0 Å². The number of hydrogen-bond donors (Lipinski definition) is 3. The van der Waals surface area contributed by atoms with E-state index < -0.39 is 0 Å². The molecular weight excluding hydrogens is 481 g/mol. The molecule has 10 heteroatoms. The average Bonchev–Trinajstić information content (AvgIpc) is 2.87. The van der Waals surface area contributed by atoms with Crippen LogP contribution in [-0.4, -0.2) is 65.8 Å². The van der Waals surface area contributed by atoms with Gasteiger partial charge >= 0.3 is 0 Å².